The maximum absolute atomic E-state index is 13.8. The van der Waals surface area contributed by atoms with Crippen molar-refractivity contribution in [1.29, 1.82) is 0 Å². The summed E-state index contributed by atoms with van der Waals surface area (Å²) in [4.78, 5) is 18.0. The fraction of sp³-hybridized carbons (Fsp3) is 0.344. The number of hydrogen-bond acceptors (Lipinski definition) is 6. The molecule has 7 nitrogen and oxygen atoms in total. The van der Waals surface area contributed by atoms with Crippen LogP contribution in [0.2, 0.25) is 0 Å². The number of nitrogens with zero attached hydrogens (tertiary/aromatic N) is 2. The summed E-state index contributed by atoms with van der Waals surface area (Å²) in [6.07, 6.45) is 1.48. The standard InChI is InChI=1S/C32H34N2O5S/c1-22-7-13-27(14-8-22)40(36,37)39-21-31(35)34-23(2)19-29-28-6-4-3-5-25(28)20-30(29)32(34)24-9-11-26(12-10-24)33-15-17-38-18-16-33/h3-14,23,32H,15-21H2,1-2H3/t23-,32-/m0/s1. The van der Waals surface area contributed by atoms with Crippen LogP contribution in [0.25, 0.3) is 5.57 Å². The molecule has 208 valence electrons. The summed E-state index contributed by atoms with van der Waals surface area (Å²) < 4.78 is 36.6. The zero-order valence-corrected chi connectivity index (χ0v) is 23.7. The van der Waals surface area contributed by atoms with E-state index in [1.165, 1.54) is 34.4 Å². The third kappa shape index (κ3) is 5.07. The first-order valence-electron chi connectivity index (χ1n) is 13.8. The van der Waals surface area contributed by atoms with E-state index in [0.717, 1.165) is 36.3 Å². The fourth-order valence-corrected chi connectivity index (χ4v) is 7.05. The van der Waals surface area contributed by atoms with Gasteiger partial charge in [0, 0.05) is 24.8 Å². The molecule has 0 saturated carbocycles. The van der Waals surface area contributed by atoms with Gasteiger partial charge in [0.2, 0.25) is 0 Å². The molecule has 40 heavy (non-hydrogen) atoms. The van der Waals surface area contributed by atoms with Crippen molar-refractivity contribution in [3.8, 4) is 0 Å². The zero-order chi connectivity index (χ0) is 27.9. The Balaban J connectivity index is 1.31. The second-order valence-electron chi connectivity index (χ2n) is 10.8. The van der Waals surface area contributed by atoms with E-state index in [0.29, 0.717) is 19.6 Å². The number of amides is 1. The van der Waals surface area contributed by atoms with Crippen LogP contribution in [-0.4, -0.2) is 58.2 Å². The average Bonchev–Trinajstić information content (AvgIpc) is 3.34. The third-order valence-electron chi connectivity index (χ3n) is 8.21. The number of fused-ring (bicyclic) bond motifs is 2. The van der Waals surface area contributed by atoms with Crippen LogP contribution in [0.3, 0.4) is 0 Å². The van der Waals surface area contributed by atoms with E-state index in [2.05, 4.69) is 53.4 Å². The molecule has 1 aliphatic carbocycles. The summed E-state index contributed by atoms with van der Waals surface area (Å²) in [5, 5.41) is 0. The molecular formula is C32H34N2O5S. The van der Waals surface area contributed by atoms with Gasteiger partial charge in [0.1, 0.15) is 6.61 Å². The van der Waals surface area contributed by atoms with Crippen molar-refractivity contribution < 1.29 is 22.1 Å². The number of benzene rings is 3. The lowest BCUT2D eigenvalue weighted by Crippen LogP contribution is -2.46. The van der Waals surface area contributed by atoms with Crippen LogP contribution in [0.4, 0.5) is 5.69 Å². The quantitative estimate of drug-likeness (QED) is 0.401. The predicted molar refractivity (Wildman–Crippen MR) is 155 cm³/mol. The molecule has 0 N–H and O–H groups in total. The Hall–Kier alpha value is -3.46. The Bertz CT molecular complexity index is 1540. The van der Waals surface area contributed by atoms with E-state index >= 15 is 0 Å². The van der Waals surface area contributed by atoms with Gasteiger partial charge in [0.25, 0.3) is 16.0 Å². The second-order valence-corrected chi connectivity index (χ2v) is 12.4. The molecule has 3 aromatic rings. The molecule has 2 atom stereocenters. The van der Waals surface area contributed by atoms with Gasteiger partial charge >= 0.3 is 0 Å². The van der Waals surface area contributed by atoms with E-state index in [-0.39, 0.29) is 22.9 Å². The fourth-order valence-electron chi connectivity index (χ4n) is 6.19. The third-order valence-corrected chi connectivity index (χ3v) is 9.49. The number of morpholine rings is 1. The minimum absolute atomic E-state index is 0.0454. The molecule has 3 aromatic carbocycles. The molecule has 0 unspecified atom stereocenters. The molecule has 2 heterocycles. The Morgan fingerprint density at radius 2 is 1.68 bits per heavy atom. The highest BCUT2D eigenvalue weighted by Crippen LogP contribution is 2.48. The Morgan fingerprint density at radius 3 is 2.40 bits per heavy atom. The lowest BCUT2D eigenvalue weighted by Gasteiger charge is -2.42. The summed E-state index contributed by atoms with van der Waals surface area (Å²) in [5.74, 6) is -0.340. The Kier molecular flexibility index (Phi) is 7.25. The monoisotopic (exact) mass is 558 g/mol. The lowest BCUT2D eigenvalue weighted by molar-refractivity contribution is -0.137. The Labute approximate surface area is 236 Å². The highest BCUT2D eigenvalue weighted by atomic mass is 32.2. The second kappa shape index (κ2) is 10.8. The van der Waals surface area contributed by atoms with Crippen molar-refractivity contribution in [1.82, 2.24) is 4.90 Å². The van der Waals surface area contributed by atoms with Gasteiger partial charge < -0.3 is 14.5 Å². The van der Waals surface area contributed by atoms with Crippen LogP contribution in [0, 0.1) is 6.92 Å². The summed E-state index contributed by atoms with van der Waals surface area (Å²) in [6, 6.07) is 22.9. The number of rotatable bonds is 6. The maximum atomic E-state index is 13.8. The van der Waals surface area contributed by atoms with Gasteiger partial charge in [-0.3, -0.25) is 8.98 Å². The van der Waals surface area contributed by atoms with Gasteiger partial charge in [0.15, 0.2) is 0 Å². The molecular weight excluding hydrogens is 524 g/mol. The van der Waals surface area contributed by atoms with Crippen molar-refractivity contribution in [3.63, 3.8) is 0 Å². The van der Waals surface area contributed by atoms with E-state index in [9.17, 15) is 13.2 Å². The highest BCUT2D eigenvalue weighted by Gasteiger charge is 2.41. The van der Waals surface area contributed by atoms with E-state index in [1.54, 1.807) is 12.1 Å². The molecule has 1 saturated heterocycles. The van der Waals surface area contributed by atoms with Gasteiger partial charge in [-0.1, -0.05) is 54.1 Å². The van der Waals surface area contributed by atoms with Gasteiger partial charge in [-0.25, -0.2) is 0 Å². The number of hydrogen-bond donors (Lipinski definition) is 0. The largest absolute Gasteiger partial charge is 0.378 e. The first-order chi connectivity index (χ1) is 19.3. The molecule has 6 rings (SSSR count). The van der Waals surface area contributed by atoms with Gasteiger partial charge in [-0.05, 0) is 78.8 Å². The van der Waals surface area contributed by atoms with Crippen molar-refractivity contribution in [2.24, 2.45) is 0 Å². The summed E-state index contributed by atoms with van der Waals surface area (Å²) >= 11 is 0. The smallest absolute Gasteiger partial charge is 0.297 e. The van der Waals surface area contributed by atoms with Crippen molar-refractivity contribution in [2.45, 2.75) is 43.7 Å². The normalized spacial score (nSPS) is 20.9. The van der Waals surface area contributed by atoms with E-state index in [1.807, 2.05) is 18.7 Å². The summed E-state index contributed by atoms with van der Waals surface area (Å²) in [7, 11) is -4.06. The summed E-state index contributed by atoms with van der Waals surface area (Å²) in [5.41, 5.74) is 8.10. The minimum atomic E-state index is -4.06. The molecule has 1 amide bonds. The number of carbonyl (C=O) groups is 1. The molecule has 0 spiro atoms. The summed E-state index contributed by atoms with van der Waals surface area (Å²) in [6.45, 7) is 6.50. The first-order valence-corrected chi connectivity index (χ1v) is 15.2. The maximum Gasteiger partial charge on any atom is 0.297 e. The molecule has 0 aromatic heterocycles. The highest BCUT2D eigenvalue weighted by molar-refractivity contribution is 7.86. The van der Waals surface area contributed by atoms with Crippen LogP contribution < -0.4 is 4.90 Å². The topological polar surface area (TPSA) is 76.2 Å². The molecule has 3 aliphatic rings. The molecule has 8 heteroatoms. The zero-order valence-electron chi connectivity index (χ0n) is 22.9. The molecule has 1 fully saturated rings. The van der Waals surface area contributed by atoms with Crippen molar-refractivity contribution >= 4 is 27.3 Å². The van der Waals surface area contributed by atoms with E-state index in [4.69, 9.17) is 8.92 Å². The SMILES string of the molecule is Cc1ccc(S(=O)(=O)OCC(=O)N2[C@@H](c3ccc(N4CCOCC4)cc3)C3=C(C[C@@H]2C)c2ccccc2C3)cc1. The molecule has 2 aliphatic heterocycles. The van der Waals surface area contributed by atoms with E-state index < -0.39 is 16.7 Å². The van der Waals surface area contributed by atoms with Gasteiger partial charge in [-0.2, -0.15) is 8.42 Å². The number of carbonyl (C=O) groups excluding carboxylic acids is 1. The molecule has 0 radical (unpaired) electrons. The average molecular weight is 559 g/mol. The van der Waals surface area contributed by atoms with Crippen LogP contribution in [0.5, 0.6) is 0 Å². The Morgan fingerprint density at radius 1 is 0.975 bits per heavy atom. The lowest BCUT2D eigenvalue weighted by atomic mass is 9.85. The van der Waals surface area contributed by atoms with Gasteiger partial charge in [-0.15, -0.1) is 0 Å². The van der Waals surface area contributed by atoms with Crippen molar-refractivity contribution in [2.75, 3.05) is 37.8 Å². The molecule has 0 bridgehead atoms. The predicted octanol–water partition coefficient (Wildman–Crippen LogP) is 4.91. The van der Waals surface area contributed by atoms with Crippen LogP contribution in [0.1, 0.15) is 41.6 Å². The van der Waals surface area contributed by atoms with Crippen molar-refractivity contribution in [3.05, 3.63) is 101 Å². The number of aryl methyl sites for hydroxylation is 1. The first kappa shape index (κ1) is 26.7. The number of anilines is 1. The van der Waals surface area contributed by atoms with Gasteiger partial charge in [0.05, 0.1) is 24.2 Å². The van der Waals surface area contributed by atoms with Crippen LogP contribution in [0.15, 0.2) is 83.3 Å². The minimum Gasteiger partial charge on any atom is -0.378 e. The van der Waals surface area contributed by atoms with Crippen LogP contribution in [-0.2, 0) is 30.3 Å². The van der Waals surface area contributed by atoms with Crippen LogP contribution >= 0.6 is 0 Å². The number of ether oxygens (including phenoxy) is 1.